The van der Waals surface area contributed by atoms with Crippen molar-refractivity contribution in [2.24, 2.45) is 0 Å². The van der Waals surface area contributed by atoms with Crippen LogP contribution < -0.4 is 19.5 Å². The molecule has 126 valence electrons. The second kappa shape index (κ2) is 12.1. The van der Waals surface area contributed by atoms with E-state index < -0.39 is 0 Å². The molecule has 2 N–H and O–H groups in total. The molecule has 1 rings (SSSR count). The Morgan fingerprint density at radius 2 is 1.59 bits per heavy atom. The number of methoxy groups -OCH3 is 3. The molecule has 1 aromatic rings. The summed E-state index contributed by atoms with van der Waals surface area (Å²) in [5, 5.41) is 2.23. The van der Waals surface area contributed by atoms with E-state index in [1.54, 1.807) is 21.3 Å². The van der Waals surface area contributed by atoms with Gasteiger partial charge >= 0.3 is 0 Å². The van der Waals surface area contributed by atoms with Gasteiger partial charge < -0.3 is 29.0 Å². The van der Waals surface area contributed by atoms with E-state index in [4.69, 9.17) is 23.7 Å². The first-order valence-corrected chi connectivity index (χ1v) is 7.55. The van der Waals surface area contributed by atoms with E-state index >= 15 is 0 Å². The van der Waals surface area contributed by atoms with Crippen molar-refractivity contribution in [3.63, 3.8) is 0 Å². The lowest BCUT2D eigenvalue weighted by atomic mass is 10.3. The largest absolute Gasteiger partial charge is 0.493 e. The molecule has 0 aliphatic rings. The molecular formula is C16H28NO5+. The van der Waals surface area contributed by atoms with Gasteiger partial charge in [-0.1, -0.05) is 6.07 Å². The van der Waals surface area contributed by atoms with Crippen LogP contribution in [-0.4, -0.2) is 60.8 Å². The molecule has 0 radical (unpaired) electrons. The Labute approximate surface area is 132 Å². The lowest BCUT2D eigenvalue weighted by Gasteiger charge is -2.14. The van der Waals surface area contributed by atoms with Crippen molar-refractivity contribution < 1.29 is 29.0 Å². The molecular weight excluding hydrogens is 286 g/mol. The van der Waals surface area contributed by atoms with Crippen LogP contribution in [-0.2, 0) is 9.47 Å². The highest BCUT2D eigenvalue weighted by atomic mass is 16.6. The number of hydrogen-bond donors (Lipinski definition) is 1. The van der Waals surface area contributed by atoms with Gasteiger partial charge in [0.15, 0.2) is 11.5 Å². The smallest absolute Gasteiger partial charge is 0.203 e. The van der Waals surface area contributed by atoms with Crippen LogP contribution in [0.4, 0.5) is 0 Å². The first-order chi connectivity index (χ1) is 10.8. The number of hydrogen-bond acceptors (Lipinski definition) is 5. The first-order valence-electron chi connectivity index (χ1n) is 7.55. The highest BCUT2D eigenvalue weighted by Gasteiger charge is 2.10. The molecule has 0 amide bonds. The van der Waals surface area contributed by atoms with E-state index in [1.165, 1.54) is 0 Å². The van der Waals surface area contributed by atoms with E-state index in [2.05, 4.69) is 5.32 Å². The summed E-state index contributed by atoms with van der Waals surface area (Å²) in [7, 11) is 4.94. The van der Waals surface area contributed by atoms with Crippen molar-refractivity contribution in [2.75, 3.05) is 60.8 Å². The molecule has 1 aromatic carbocycles. The standard InChI is InChI=1S/C16H27NO5/c1-18-10-5-8-17-9-11-21-12-13-22-16-14(19-2)6-4-7-15(16)20-3/h4,6-7,17H,5,8-13H2,1-3H3/p+1. The molecule has 6 nitrogen and oxygen atoms in total. The van der Waals surface area contributed by atoms with Crippen molar-refractivity contribution in [1.82, 2.24) is 0 Å². The fourth-order valence-corrected chi connectivity index (χ4v) is 1.95. The van der Waals surface area contributed by atoms with E-state index in [9.17, 15) is 0 Å². The Bertz CT molecular complexity index is 378. The maximum absolute atomic E-state index is 5.71. The number of quaternary nitrogens is 1. The van der Waals surface area contributed by atoms with Crippen LogP contribution in [0.15, 0.2) is 18.2 Å². The summed E-state index contributed by atoms with van der Waals surface area (Å²) in [6, 6.07) is 5.54. The summed E-state index contributed by atoms with van der Waals surface area (Å²) >= 11 is 0. The zero-order valence-corrected chi connectivity index (χ0v) is 13.8. The Kier molecular flexibility index (Phi) is 10.2. The average Bonchev–Trinajstić information content (AvgIpc) is 2.56. The molecule has 22 heavy (non-hydrogen) atoms. The topological polar surface area (TPSA) is 62.8 Å². The molecule has 0 aliphatic carbocycles. The zero-order valence-electron chi connectivity index (χ0n) is 13.8. The molecule has 0 atom stereocenters. The summed E-state index contributed by atoms with van der Waals surface area (Å²) in [6.07, 6.45) is 1.06. The van der Waals surface area contributed by atoms with Crippen molar-refractivity contribution in [2.45, 2.75) is 6.42 Å². The van der Waals surface area contributed by atoms with E-state index in [0.29, 0.717) is 37.1 Å². The molecule has 0 aromatic heterocycles. The summed E-state index contributed by atoms with van der Waals surface area (Å²) < 4.78 is 26.8. The van der Waals surface area contributed by atoms with Crippen LogP contribution >= 0.6 is 0 Å². The Hall–Kier alpha value is -1.50. The van der Waals surface area contributed by atoms with Gasteiger partial charge in [-0.2, -0.15) is 0 Å². The third-order valence-electron chi connectivity index (χ3n) is 3.08. The summed E-state index contributed by atoms with van der Waals surface area (Å²) in [5.41, 5.74) is 0. The predicted octanol–water partition coefficient (Wildman–Crippen LogP) is 0.699. The highest BCUT2D eigenvalue weighted by Crippen LogP contribution is 2.36. The molecule has 0 unspecified atom stereocenters. The second-order valence-corrected chi connectivity index (χ2v) is 4.66. The quantitative estimate of drug-likeness (QED) is 0.543. The minimum atomic E-state index is 0.459. The fourth-order valence-electron chi connectivity index (χ4n) is 1.95. The van der Waals surface area contributed by atoms with Gasteiger partial charge in [0.05, 0.1) is 47.1 Å². The maximum atomic E-state index is 5.71. The van der Waals surface area contributed by atoms with E-state index in [0.717, 1.165) is 26.1 Å². The second-order valence-electron chi connectivity index (χ2n) is 4.66. The first kappa shape index (κ1) is 18.5. The van der Waals surface area contributed by atoms with Gasteiger partial charge in [0.2, 0.25) is 5.75 Å². The summed E-state index contributed by atoms with van der Waals surface area (Å²) in [6.45, 7) is 4.52. The van der Waals surface area contributed by atoms with Crippen molar-refractivity contribution >= 4 is 0 Å². The monoisotopic (exact) mass is 314 g/mol. The molecule has 0 heterocycles. The van der Waals surface area contributed by atoms with Gasteiger partial charge in [-0.15, -0.1) is 0 Å². The average molecular weight is 314 g/mol. The number of para-hydroxylation sites is 1. The van der Waals surface area contributed by atoms with Gasteiger partial charge in [-0.05, 0) is 12.1 Å². The van der Waals surface area contributed by atoms with E-state index in [-0.39, 0.29) is 0 Å². The van der Waals surface area contributed by atoms with Gasteiger partial charge in [0.1, 0.15) is 6.61 Å². The minimum Gasteiger partial charge on any atom is -0.493 e. The number of nitrogens with two attached hydrogens (primary N) is 1. The van der Waals surface area contributed by atoms with Crippen molar-refractivity contribution in [1.29, 1.82) is 0 Å². The lowest BCUT2D eigenvalue weighted by molar-refractivity contribution is -0.656. The minimum absolute atomic E-state index is 0.459. The Balaban J connectivity index is 2.14. The van der Waals surface area contributed by atoms with Gasteiger partial charge in [-0.3, -0.25) is 0 Å². The number of ether oxygens (including phenoxy) is 5. The lowest BCUT2D eigenvalue weighted by Crippen LogP contribution is -2.85. The molecule has 0 spiro atoms. The van der Waals surface area contributed by atoms with E-state index in [1.807, 2.05) is 18.2 Å². The molecule has 6 heteroatoms. The molecule has 0 saturated heterocycles. The third kappa shape index (κ3) is 6.98. The molecule has 0 saturated carbocycles. The van der Waals surface area contributed by atoms with Gasteiger partial charge in [0.25, 0.3) is 0 Å². The van der Waals surface area contributed by atoms with Gasteiger partial charge in [-0.25, -0.2) is 0 Å². The highest BCUT2D eigenvalue weighted by molar-refractivity contribution is 5.51. The fraction of sp³-hybridized carbons (Fsp3) is 0.625. The van der Waals surface area contributed by atoms with Crippen LogP contribution in [0, 0.1) is 0 Å². The maximum Gasteiger partial charge on any atom is 0.203 e. The van der Waals surface area contributed by atoms with Crippen LogP contribution in [0.5, 0.6) is 17.2 Å². The normalized spacial score (nSPS) is 10.5. The van der Waals surface area contributed by atoms with Crippen LogP contribution in [0.25, 0.3) is 0 Å². The van der Waals surface area contributed by atoms with Crippen molar-refractivity contribution in [3.05, 3.63) is 18.2 Å². The van der Waals surface area contributed by atoms with Gasteiger partial charge in [0, 0.05) is 13.5 Å². The SMILES string of the molecule is COCCC[NH2+]CCOCCOc1c(OC)cccc1OC. The number of rotatable bonds is 13. The van der Waals surface area contributed by atoms with Crippen LogP contribution in [0.2, 0.25) is 0 Å². The zero-order chi connectivity index (χ0) is 16.0. The van der Waals surface area contributed by atoms with Crippen LogP contribution in [0.3, 0.4) is 0 Å². The molecule has 0 fully saturated rings. The Morgan fingerprint density at radius 1 is 0.864 bits per heavy atom. The Morgan fingerprint density at radius 3 is 2.23 bits per heavy atom. The summed E-state index contributed by atoms with van der Waals surface area (Å²) in [5.74, 6) is 1.93. The summed E-state index contributed by atoms with van der Waals surface area (Å²) in [4.78, 5) is 0. The third-order valence-corrected chi connectivity index (χ3v) is 3.08. The van der Waals surface area contributed by atoms with Crippen LogP contribution in [0.1, 0.15) is 6.42 Å². The number of benzene rings is 1. The molecule has 0 aliphatic heterocycles. The van der Waals surface area contributed by atoms with Crippen molar-refractivity contribution in [3.8, 4) is 17.2 Å². The molecule has 0 bridgehead atoms. The predicted molar refractivity (Wildman–Crippen MR) is 84.0 cm³/mol.